The van der Waals surface area contributed by atoms with Gasteiger partial charge >= 0.3 is 6.18 Å². The van der Waals surface area contributed by atoms with E-state index >= 15 is 0 Å². The number of nitrogens with zero attached hydrogens (tertiary/aromatic N) is 3. The van der Waals surface area contributed by atoms with Crippen molar-refractivity contribution in [1.29, 1.82) is 0 Å². The van der Waals surface area contributed by atoms with Crippen molar-refractivity contribution < 1.29 is 18.0 Å². The lowest BCUT2D eigenvalue weighted by Gasteiger charge is -2.11. The summed E-state index contributed by atoms with van der Waals surface area (Å²) in [5, 5.41) is 5.61. The molecule has 0 saturated carbocycles. The zero-order chi connectivity index (χ0) is 21.7. The van der Waals surface area contributed by atoms with Gasteiger partial charge in [0.2, 0.25) is 5.95 Å². The van der Waals surface area contributed by atoms with Gasteiger partial charge < -0.3 is 10.6 Å². The van der Waals surface area contributed by atoms with Gasteiger partial charge in [0.05, 0.1) is 5.56 Å². The molecule has 0 aliphatic rings. The molecule has 30 heavy (non-hydrogen) atoms. The second-order valence-corrected chi connectivity index (χ2v) is 6.69. The van der Waals surface area contributed by atoms with E-state index in [2.05, 4.69) is 25.6 Å². The highest BCUT2D eigenvalue weighted by atomic mass is 19.4. The maximum absolute atomic E-state index is 12.9. The topological polar surface area (TPSA) is 79.8 Å². The number of carbonyl (C=O) groups is 1. The Bertz CT molecular complexity index is 1050. The molecule has 0 atom stereocenters. The molecule has 0 fully saturated rings. The van der Waals surface area contributed by atoms with Gasteiger partial charge in [0, 0.05) is 36.4 Å². The number of anilines is 2. The molecular weight excluding hydrogens is 395 g/mol. The van der Waals surface area contributed by atoms with Crippen LogP contribution in [-0.4, -0.2) is 27.4 Å². The van der Waals surface area contributed by atoms with Gasteiger partial charge in [0.1, 0.15) is 5.69 Å². The fourth-order valence-corrected chi connectivity index (χ4v) is 2.79. The molecule has 1 aromatic carbocycles. The summed E-state index contributed by atoms with van der Waals surface area (Å²) in [4.78, 5) is 23.7. The zero-order valence-corrected chi connectivity index (χ0v) is 16.4. The minimum atomic E-state index is -4.55. The van der Waals surface area contributed by atoms with Crippen molar-refractivity contribution in [3.63, 3.8) is 0 Å². The van der Waals surface area contributed by atoms with Crippen molar-refractivity contribution in [3.05, 3.63) is 65.7 Å². The van der Waals surface area contributed by atoms with E-state index in [4.69, 9.17) is 0 Å². The van der Waals surface area contributed by atoms with Gasteiger partial charge in [-0.2, -0.15) is 13.2 Å². The smallest absolute Gasteiger partial charge is 0.352 e. The molecule has 3 aromatic rings. The Balaban J connectivity index is 1.89. The molecular formula is C21H20F3N5O. The van der Waals surface area contributed by atoms with E-state index in [0.717, 1.165) is 29.8 Å². The molecule has 3 rings (SSSR count). The van der Waals surface area contributed by atoms with Gasteiger partial charge in [-0.3, -0.25) is 9.78 Å². The summed E-state index contributed by atoms with van der Waals surface area (Å²) in [6.45, 7) is 4.38. The predicted octanol–water partition coefficient (Wildman–Crippen LogP) is 4.75. The fraction of sp³-hybridized carbons (Fsp3) is 0.238. The maximum Gasteiger partial charge on any atom is 0.433 e. The van der Waals surface area contributed by atoms with Gasteiger partial charge in [-0.15, -0.1) is 0 Å². The highest BCUT2D eigenvalue weighted by Gasteiger charge is 2.32. The molecule has 6 nitrogen and oxygen atoms in total. The zero-order valence-electron chi connectivity index (χ0n) is 16.4. The van der Waals surface area contributed by atoms with E-state index < -0.39 is 11.9 Å². The van der Waals surface area contributed by atoms with E-state index in [1.807, 2.05) is 19.9 Å². The SMILES string of the molecule is CCCNC(=O)c1cncc(-c2cc(C)cc(Nc3nccc(C(F)(F)F)n3)c2)c1. The van der Waals surface area contributed by atoms with Crippen LogP contribution in [0, 0.1) is 6.92 Å². The number of benzene rings is 1. The molecule has 2 N–H and O–H groups in total. The van der Waals surface area contributed by atoms with E-state index in [9.17, 15) is 18.0 Å². The Morgan fingerprint density at radius 2 is 1.90 bits per heavy atom. The number of alkyl halides is 3. The third kappa shape index (κ3) is 5.31. The summed E-state index contributed by atoms with van der Waals surface area (Å²) < 4.78 is 38.6. The lowest BCUT2D eigenvalue weighted by atomic mass is 10.0. The molecule has 0 spiro atoms. The Morgan fingerprint density at radius 3 is 2.63 bits per heavy atom. The third-order valence-corrected chi connectivity index (χ3v) is 4.15. The first-order chi connectivity index (χ1) is 14.3. The van der Waals surface area contributed by atoms with Crippen LogP contribution in [-0.2, 0) is 6.18 Å². The van der Waals surface area contributed by atoms with Crippen molar-refractivity contribution >= 4 is 17.5 Å². The Labute approximate surface area is 171 Å². The number of hydrogen-bond acceptors (Lipinski definition) is 5. The molecule has 1 amide bonds. The molecule has 0 bridgehead atoms. The van der Waals surface area contributed by atoms with Crippen LogP contribution >= 0.6 is 0 Å². The second kappa shape index (κ2) is 8.89. The first-order valence-electron chi connectivity index (χ1n) is 9.29. The summed E-state index contributed by atoms with van der Waals surface area (Å²) in [7, 11) is 0. The van der Waals surface area contributed by atoms with Crippen molar-refractivity contribution in [1.82, 2.24) is 20.3 Å². The number of pyridine rings is 1. The molecule has 0 aliphatic heterocycles. The lowest BCUT2D eigenvalue weighted by Crippen LogP contribution is -2.24. The summed E-state index contributed by atoms with van der Waals surface area (Å²) in [5.41, 5.74) is 2.24. The van der Waals surface area contributed by atoms with Gasteiger partial charge in [0.15, 0.2) is 0 Å². The van der Waals surface area contributed by atoms with Gasteiger partial charge in [-0.1, -0.05) is 13.0 Å². The number of carbonyl (C=O) groups excluding carboxylic acids is 1. The van der Waals surface area contributed by atoms with Crippen LogP contribution < -0.4 is 10.6 Å². The molecule has 2 aromatic heterocycles. The highest BCUT2D eigenvalue weighted by molar-refractivity contribution is 5.95. The number of nitrogens with one attached hydrogen (secondary N) is 2. The largest absolute Gasteiger partial charge is 0.433 e. The third-order valence-electron chi connectivity index (χ3n) is 4.15. The van der Waals surface area contributed by atoms with Gasteiger partial charge in [-0.05, 0) is 48.7 Å². The first kappa shape index (κ1) is 21.2. The number of rotatable bonds is 6. The van der Waals surface area contributed by atoms with Crippen LogP contribution in [0.5, 0.6) is 0 Å². The van der Waals surface area contributed by atoms with E-state index in [1.54, 1.807) is 24.4 Å². The van der Waals surface area contributed by atoms with Gasteiger partial charge in [0.25, 0.3) is 5.91 Å². The average molecular weight is 415 g/mol. The van der Waals surface area contributed by atoms with Crippen LogP contribution in [0.1, 0.15) is 35.0 Å². The molecule has 0 radical (unpaired) electrons. The maximum atomic E-state index is 12.9. The molecule has 0 saturated heterocycles. The standard InChI is InChI=1S/C21H20F3N5O/c1-3-5-26-19(30)16-9-15(11-25-12-16)14-7-13(2)8-17(10-14)28-20-27-6-4-18(29-20)21(22,23)24/h4,6-12H,3,5H2,1-2H3,(H,26,30)(H,27,28,29). The molecule has 2 heterocycles. The number of hydrogen-bond donors (Lipinski definition) is 2. The highest BCUT2D eigenvalue weighted by Crippen LogP contribution is 2.29. The number of aromatic nitrogens is 3. The van der Waals surface area contributed by atoms with Gasteiger partial charge in [-0.25, -0.2) is 9.97 Å². The van der Waals surface area contributed by atoms with Crippen molar-refractivity contribution in [2.75, 3.05) is 11.9 Å². The molecule has 0 aliphatic carbocycles. The van der Waals surface area contributed by atoms with Crippen LogP contribution in [0.2, 0.25) is 0 Å². The summed E-state index contributed by atoms with van der Waals surface area (Å²) in [6, 6.07) is 7.92. The molecule has 0 unspecified atom stereocenters. The van der Waals surface area contributed by atoms with Crippen LogP contribution in [0.4, 0.5) is 24.8 Å². The van der Waals surface area contributed by atoms with E-state index in [-0.39, 0.29) is 11.9 Å². The van der Waals surface area contributed by atoms with Crippen molar-refractivity contribution in [2.24, 2.45) is 0 Å². The summed E-state index contributed by atoms with van der Waals surface area (Å²) in [6.07, 6.45) is 0.429. The monoisotopic (exact) mass is 415 g/mol. The summed E-state index contributed by atoms with van der Waals surface area (Å²) >= 11 is 0. The normalized spacial score (nSPS) is 11.2. The fourth-order valence-electron chi connectivity index (χ4n) is 2.79. The van der Waals surface area contributed by atoms with E-state index in [0.29, 0.717) is 23.4 Å². The Hall–Kier alpha value is -3.49. The lowest BCUT2D eigenvalue weighted by molar-refractivity contribution is -0.141. The number of aryl methyl sites for hydroxylation is 1. The number of amides is 1. The first-order valence-corrected chi connectivity index (χ1v) is 9.29. The Kier molecular flexibility index (Phi) is 6.29. The van der Waals surface area contributed by atoms with Crippen molar-refractivity contribution in [2.45, 2.75) is 26.4 Å². The van der Waals surface area contributed by atoms with Crippen LogP contribution in [0.15, 0.2) is 48.9 Å². The minimum absolute atomic E-state index is 0.160. The Morgan fingerprint density at radius 1 is 1.10 bits per heavy atom. The molecule has 156 valence electrons. The molecule has 9 heteroatoms. The quantitative estimate of drug-likeness (QED) is 0.607. The summed E-state index contributed by atoms with van der Waals surface area (Å²) in [5.74, 6) is -0.373. The van der Waals surface area contributed by atoms with Crippen molar-refractivity contribution in [3.8, 4) is 11.1 Å². The average Bonchev–Trinajstić information content (AvgIpc) is 2.71. The number of halogens is 3. The van der Waals surface area contributed by atoms with Crippen LogP contribution in [0.25, 0.3) is 11.1 Å². The van der Waals surface area contributed by atoms with Crippen LogP contribution in [0.3, 0.4) is 0 Å². The second-order valence-electron chi connectivity index (χ2n) is 6.69. The van der Waals surface area contributed by atoms with E-state index in [1.165, 1.54) is 6.20 Å². The minimum Gasteiger partial charge on any atom is -0.352 e. The predicted molar refractivity (Wildman–Crippen MR) is 107 cm³/mol.